The molecule has 0 unspecified atom stereocenters. The first kappa shape index (κ1) is 19.9. The summed E-state index contributed by atoms with van der Waals surface area (Å²) in [6.45, 7) is 0.945. The summed E-state index contributed by atoms with van der Waals surface area (Å²) in [5, 5.41) is 0. The number of hydrogen-bond donors (Lipinski definition) is 0. The molecule has 0 saturated carbocycles. The summed E-state index contributed by atoms with van der Waals surface area (Å²) in [7, 11) is 4.84. The number of amides is 1. The monoisotopic (exact) mass is 402 g/mol. The summed E-state index contributed by atoms with van der Waals surface area (Å²) in [6, 6.07) is 12.9. The van der Waals surface area contributed by atoms with Crippen molar-refractivity contribution < 1.29 is 23.7 Å². The first-order valence-corrected chi connectivity index (χ1v) is 9.47. The maximum absolute atomic E-state index is 12.4. The van der Waals surface area contributed by atoms with Gasteiger partial charge in [0.05, 0.1) is 31.0 Å². The van der Waals surface area contributed by atoms with Gasteiger partial charge in [0.25, 0.3) is 5.91 Å². The number of fused-ring (bicyclic) bond motifs is 1. The lowest BCUT2D eigenvalue weighted by atomic mass is 10.3. The Kier molecular flexibility index (Phi) is 6.67. The Labute approximate surface area is 166 Å². The van der Waals surface area contributed by atoms with E-state index < -0.39 is 0 Å². The van der Waals surface area contributed by atoms with E-state index in [4.69, 9.17) is 18.9 Å². The summed E-state index contributed by atoms with van der Waals surface area (Å²) in [6.07, 6.45) is 0. The second-order valence-electron chi connectivity index (χ2n) is 5.84. The highest BCUT2D eigenvalue weighted by atomic mass is 32.1. The van der Waals surface area contributed by atoms with Crippen molar-refractivity contribution in [2.45, 2.75) is 6.54 Å². The third-order valence-electron chi connectivity index (χ3n) is 4.03. The average Bonchev–Trinajstić information content (AvgIpc) is 3.06. The molecular formula is C20H22N2O5S. The van der Waals surface area contributed by atoms with Crippen molar-refractivity contribution in [2.24, 2.45) is 4.99 Å². The van der Waals surface area contributed by atoms with Crippen LogP contribution in [0.3, 0.4) is 0 Å². The van der Waals surface area contributed by atoms with Gasteiger partial charge in [0.1, 0.15) is 17.2 Å². The Bertz CT molecular complexity index is 1020. The number of ether oxygens (including phenoxy) is 4. The predicted molar refractivity (Wildman–Crippen MR) is 107 cm³/mol. The van der Waals surface area contributed by atoms with Crippen molar-refractivity contribution in [3.8, 4) is 17.2 Å². The molecule has 7 nitrogen and oxygen atoms in total. The van der Waals surface area contributed by atoms with E-state index in [2.05, 4.69) is 4.99 Å². The van der Waals surface area contributed by atoms with Crippen molar-refractivity contribution >= 4 is 27.5 Å². The van der Waals surface area contributed by atoms with E-state index in [9.17, 15) is 4.79 Å². The quantitative estimate of drug-likeness (QED) is 0.579. The summed E-state index contributed by atoms with van der Waals surface area (Å²) in [4.78, 5) is 17.2. The fourth-order valence-corrected chi connectivity index (χ4v) is 3.74. The first-order chi connectivity index (χ1) is 13.6. The minimum Gasteiger partial charge on any atom is -0.497 e. The SMILES string of the molecule is COCCn1c(=NC(=O)COc2cccc(OC)c2)sc2cc(OC)ccc21. The third kappa shape index (κ3) is 4.71. The van der Waals surface area contributed by atoms with Gasteiger partial charge in [-0.15, -0.1) is 0 Å². The second-order valence-corrected chi connectivity index (χ2v) is 6.85. The normalized spacial score (nSPS) is 11.6. The summed E-state index contributed by atoms with van der Waals surface area (Å²) in [5.74, 6) is 1.60. The minimum atomic E-state index is -0.368. The molecule has 1 aromatic heterocycles. The fraction of sp³-hybridized carbons (Fsp3) is 0.300. The maximum Gasteiger partial charge on any atom is 0.286 e. The van der Waals surface area contributed by atoms with E-state index in [1.165, 1.54) is 11.3 Å². The molecule has 0 bridgehead atoms. The molecule has 0 N–H and O–H groups in total. The van der Waals surface area contributed by atoms with Crippen LogP contribution in [-0.2, 0) is 16.1 Å². The average molecular weight is 402 g/mol. The van der Waals surface area contributed by atoms with Gasteiger partial charge in [-0.3, -0.25) is 4.79 Å². The smallest absolute Gasteiger partial charge is 0.286 e. The molecule has 148 valence electrons. The zero-order chi connectivity index (χ0) is 19.9. The van der Waals surface area contributed by atoms with Crippen LogP contribution in [0.15, 0.2) is 47.5 Å². The summed E-state index contributed by atoms with van der Waals surface area (Å²) in [5.41, 5.74) is 0.975. The van der Waals surface area contributed by atoms with Crippen molar-refractivity contribution in [1.29, 1.82) is 0 Å². The van der Waals surface area contributed by atoms with Gasteiger partial charge in [-0.25, -0.2) is 0 Å². The number of benzene rings is 2. The summed E-state index contributed by atoms with van der Waals surface area (Å²) < 4.78 is 24.1. The van der Waals surface area contributed by atoms with E-state index in [1.807, 2.05) is 28.8 Å². The van der Waals surface area contributed by atoms with Crippen molar-refractivity contribution in [2.75, 3.05) is 34.5 Å². The molecule has 0 fully saturated rings. The molecule has 0 atom stereocenters. The Morgan fingerprint density at radius 1 is 1.04 bits per heavy atom. The molecule has 28 heavy (non-hydrogen) atoms. The number of aromatic nitrogens is 1. The van der Waals surface area contributed by atoms with Crippen molar-refractivity contribution in [3.05, 3.63) is 47.3 Å². The van der Waals surface area contributed by atoms with E-state index >= 15 is 0 Å². The molecule has 3 rings (SSSR count). The van der Waals surface area contributed by atoms with Gasteiger partial charge in [-0.1, -0.05) is 17.4 Å². The number of thiazole rings is 1. The van der Waals surface area contributed by atoms with Gasteiger partial charge in [-0.05, 0) is 30.3 Å². The van der Waals surface area contributed by atoms with Gasteiger partial charge in [0.15, 0.2) is 11.4 Å². The van der Waals surface area contributed by atoms with Gasteiger partial charge in [-0.2, -0.15) is 4.99 Å². The Morgan fingerprint density at radius 2 is 1.79 bits per heavy atom. The van der Waals surface area contributed by atoms with Gasteiger partial charge in [0.2, 0.25) is 0 Å². The van der Waals surface area contributed by atoms with Crippen LogP contribution in [0.4, 0.5) is 0 Å². The predicted octanol–water partition coefficient (Wildman–Crippen LogP) is 2.87. The lowest BCUT2D eigenvalue weighted by Gasteiger charge is -2.06. The Morgan fingerprint density at radius 3 is 2.54 bits per heavy atom. The maximum atomic E-state index is 12.4. The van der Waals surface area contributed by atoms with Crippen LogP contribution in [0.2, 0.25) is 0 Å². The Hall–Kier alpha value is -2.84. The highest BCUT2D eigenvalue weighted by molar-refractivity contribution is 7.16. The highest BCUT2D eigenvalue weighted by Crippen LogP contribution is 2.23. The van der Waals surface area contributed by atoms with E-state index in [0.29, 0.717) is 29.5 Å². The van der Waals surface area contributed by atoms with Crippen LogP contribution in [0, 0.1) is 0 Å². The van der Waals surface area contributed by atoms with Crippen molar-refractivity contribution in [1.82, 2.24) is 4.57 Å². The number of methoxy groups -OCH3 is 3. The molecule has 3 aromatic rings. The molecule has 0 aliphatic carbocycles. The number of carbonyl (C=O) groups excluding carboxylic acids is 1. The molecule has 0 spiro atoms. The van der Waals surface area contributed by atoms with Gasteiger partial charge in [0, 0.05) is 19.7 Å². The molecule has 2 aromatic carbocycles. The topological polar surface area (TPSA) is 71.3 Å². The largest absolute Gasteiger partial charge is 0.497 e. The Balaban J connectivity index is 1.85. The van der Waals surface area contributed by atoms with Crippen molar-refractivity contribution in [3.63, 3.8) is 0 Å². The number of rotatable bonds is 8. The fourth-order valence-electron chi connectivity index (χ4n) is 2.64. The molecule has 1 amide bonds. The van der Waals surface area contributed by atoms with E-state index in [0.717, 1.165) is 16.0 Å². The van der Waals surface area contributed by atoms with Crippen LogP contribution in [0.25, 0.3) is 10.2 Å². The lowest BCUT2D eigenvalue weighted by Crippen LogP contribution is -2.21. The third-order valence-corrected chi connectivity index (χ3v) is 5.07. The van der Waals surface area contributed by atoms with Crippen LogP contribution < -0.4 is 19.0 Å². The zero-order valence-electron chi connectivity index (χ0n) is 16.0. The van der Waals surface area contributed by atoms with Crippen LogP contribution in [-0.4, -0.2) is 45.0 Å². The molecule has 0 aliphatic heterocycles. The van der Waals surface area contributed by atoms with Crippen LogP contribution >= 0.6 is 11.3 Å². The molecule has 0 aliphatic rings. The zero-order valence-corrected chi connectivity index (χ0v) is 16.8. The number of nitrogens with zero attached hydrogens (tertiary/aromatic N) is 2. The first-order valence-electron chi connectivity index (χ1n) is 8.65. The molecular weight excluding hydrogens is 380 g/mol. The molecule has 1 heterocycles. The number of hydrogen-bond acceptors (Lipinski definition) is 6. The highest BCUT2D eigenvalue weighted by Gasteiger charge is 2.10. The molecule has 0 saturated heterocycles. The van der Waals surface area contributed by atoms with Gasteiger partial charge >= 0.3 is 0 Å². The summed E-state index contributed by atoms with van der Waals surface area (Å²) >= 11 is 1.42. The second kappa shape index (κ2) is 9.38. The van der Waals surface area contributed by atoms with E-state index in [1.54, 1.807) is 39.5 Å². The molecule has 0 radical (unpaired) electrons. The number of carbonyl (C=O) groups is 1. The van der Waals surface area contributed by atoms with Gasteiger partial charge < -0.3 is 23.5 Å². The standard InChI is InChI=1S/C20H22N2O5S/c1-24-10-9-22-17-8-7-15(26-3)12-18(17)28-20(22)21-19(23)13-27-16-6-4-5-14(11-16)25-2/h4-8,11-12H,9-10,13H2,1-3H3. The van der Waals surface area contributed by atoms with E-state index in [-0.39, 0.29) is 12.5 Å². The van der Waals surface area contributed by atoms with Crippen LogP contribution in [0.5, 0.6) is 17.2 Å². The van der Waals surface area contributed by atoms with Crippen LogP contribution in [0.1, 0.15) is 0 Å². The molecule has 8 heteroatoms. The minimum absolute atomic E-state index is 0.158. The lowest BCUT2D eigenvalue weighted by molar-refractivity contribution is -0.120.